The molecule has 1 aliphatic heterocycles. The van der Waals surface area contributed by atoms with Crippen LogP contribution in [0.2, 0.25) is 0 Å². The monoisotopic (exact) mass is 342 g/mol. The van der Waals surface area contributed by atoms with E-state index in [2.05, 4.69) is 27.0 Å². The molecule has 2 aromatic rings. The number of aromatic nitrogens is 3. The number of carbonyl (C=O) groups excluding carboxylic acids is 1. The van der Waals surface area contributed by atoms with Crippen LogP contribution in [0.25, 0.3) is 0 Å². The summed E-state index contributed by atoms with van der Waals surface area (Å²) in [6, 6.07) is 7.82. The number of rotatable bonds is 7. The highest BCUT2D eigenvalue weighted by molar-refractivity contribution is 5.77. The van der Waals surface area contributed by atoms with Crippen LogP contribution in [-0.4, -0.2) is 33.8 Å². The Hall–Kier alpha value is -2.37. The van der Waals surface area contributed by atoms with Gasteiger partial charge in [-0.1, -0.05) is 31.5 Å². The highest BCUT2D eigenvalue weighted by Gasteiger charge is 2.14. The number of para-hydroxylation sites is 1. The second-order valence-electron chi connectivity index (χ2n) is 6.34. The number of hydrogen-bond acceptors (Lipinski definition) is 4. The van der Waals surface area contributed by atoms with Crippen molar-refractivity contribution in [2.24, 2.45) is 0 Å². The number of nitrogens with one attached hydrogen (secondary N) is 1. The zero-order chi connectivity index (χ0) is 17.5. The van der Waals surface area contributed by atoms with Crippen LogP contribution in [0.15, 0.2) is 24.3 Å². The summed E-state index contributed by atoms with van der Waals surface area (Å²) in [6.07, 6.45) is 6.20. The molecule has 134 valence electrons. The smallest absolute Gasteiger partial charge is 0.257 e. The Kier molecular flexibility index (Phi) is 6.04. The average Bonchev–Trinajstić information content (AvgIpc) is 2.87. The molecule has 1 aromatic heterocycles. The lowest BCUT2D eigenvalue weighted by atomic mass is 10.1. The number of benzene rings is 1. The summed E-state index contributed by atoms with van der Waals surface area (Å²) in [5, 5.41) is 11.5. The van der Waals surface area contributed by atoms with E-state index in [9.17, 15) is 4.79 Å². The van der Waals surface area contributed by atoms with Gasteiger partial charge in [0.15, 0.2) is 6.61 Å². The van der Waals surface area contributed by atoms with Crippen molar-refractivity contribution in [3.63, 3.8) is 0 Å². The van der Waals surface area contributed by atoms with Crippen molar-refractivity contribution in [3.8, 4) is 5.75 Å². The average molecular weight is 342 g/mol. The van der Waals surface area contributed by atoms with Gasteiger partial charge in [0, 0.05) is 25.9 Å². The third kappa shape index (κ3) is 4.59. The Morgan fingerprint density at radius 1 is 1.24 bits per heavy atom. The SMILES string of the molecule is CCc1ccccc1OCC(=O)NCCc1nnc2n1CCCCC2. The van der Waals surface area contributed by atoms with E-state index in [-0.39, 0.29) is 12.5 Å². The zero-order valence-electron chi connectivity index (χ0n) is 14.8. The lowest BCUT2D eigenvalue weighted by Crippen LogP contribution is -2.31. The number of nitrogens with zero attached hydrogens (tertiary/aromatic N) is 3. The van der Waals surface area contributed by atoms with Crippen LogP contribution in [0, 0.1) is 0 Å². The number of ether oxygens (including phenoxy) is 1. The Bertz CT molecular complexity index is 711. The summed E-state index contributed by atoms with van der Waals surface area (Å²) in [5.74, 6) is 2.72. The minimum absolute atomic E-state index is 0.0367. The Morgan fingerprint density at radius 2 is 2.12 bits per heavy atom. The molecule has 0 aliphatic carbocycles. The van der Waals surface area contributed by atoms with Crippen molar-refractivity contribution in [1.82, 2.24) is 20.1 Å². The summed E-state index contributed by atoms with van der Waals surface area (Å²) < 4.78 is 7.85. The highest BCUT2D eigenvalue weighted by atomic mass is 16.5. The van der Waals surface area contributed by atoms with Gasteiger partial charge in [-0.15, -0.1) is 10.2 Å². The van der Waals surface area contributed by atoms with Gasteiger partial charge in [-0.25, -0.2) is 0 Å². The lowest BCUT2D eigenvalue weighted by Gasteiger charge is -2.11. The molecule has 0 fully saturated rings. The van der Waals surface area contributed by atoms with E-state index in [0.29, 0.717) is 13.0 Å². The summed E-state index contributed by atoms with van der Waals surface area (Å²) in [4.78, 5) is 12.0. The molecule has 0 saturated heterocycles. The van der Waals surface area contributed by atoms with Crippen LogP contribution < -0.4 is 10.1 Å². The maximum atomic E-state index is 12.0. The van der Waals surface area contributed by atoms with Crippen LogP contribution in [0.4, 0.5) is 0 Å². The molecule has 0 atom stereocenters. The first kappa shape index (κ1) is 17.5. The van der Waals surface area contributed by atoms with Crippen molar-refractivity contribution >= 4 is 5.91 Å². The van der Waals surface area contributed by atoms with Crippen molar-refractivity contribution < 1.29 is 9.53 Å². The first-order valence-corrected chi connectivity index (χ1v) is 9.16. The Balaban J connectivity index is 1.45. The predicted molar refractivity (Wildman–Crippen MR) is 95.6 cm³/mol. The lowest BCUT2D eigenvalue weighted by molar-refractivity contribution is -0.123. The molecule has 25 heavy (non-hydrogen) atoms. The standard InChI is InChI=1S/C19H26N4O2/c1-2-15-8-5-6-9-16(15)25-14-19(24)20-12-11-18-22-21-17-10-4-3-7-13-23(17)18/h5-6,8-9H,2-4,7,10-14H2,1H3,(H,20,24). The Morgan fingerprint density at radius 3 is 3.00 bits per heavy atom. The van der Waals surface area contributed by atoms with Gasteiger partial charge in [0.05, 0.1) is 0 Å². The van der Waals surface area contributed by atoms with E-state index in [1.165, 1.54) is 19.3 Å². The second kappa shape index (κ2) is 8.65. The molecule has 1 amide bonds. The molecule has 0 unspecified atom stereocenters. The van der Waals surface area contributed by atoms with Gasteiger partial charge in [0.25, 0.3) is 5.91 Å². The van der Waals surface area contributed by atoms with Crippen molar-refractivity contribution in [1.29, 1.82) is 0 Å². The number of amides is 1. The molecule has 2 heterocycles. The van der Waals surface area contributed by atoms with Gasteiger partial charge in [0.2, 0.25) is 0 Å². The van der Waals surface area contributed by atoms with Crippen LogP contribution >= 0.6 is 0 Å². The third-order valence-electron chi connectivity index (χ3n) is 4.57. The summed E-state index contributed by atoms with van der Waals surface area (Å²) >= 11 is 0. The molecule has 6 heteroatoms. The molecular weight excluding hydrogens is 316 g/mol. The number of aryl methyl sites for hydroxylation is 2. The fraction of sp³-hybridized carbons (Fsp3) is 0.526. The van der Waals surface area contributed by atoms with Crippen LogP contribution in [0.1, 0.15) is 43.4 Å². The Labute approximate surface area is 148 Å². The van der Waals surface area contributed by atoms with E-state index in [0.717, 1.165) is 42.3 Å². The van der Waals surface area contributed by atoms with Gasteiger partial charge in [-0.05, 0) is 30.9 Å². The molecule has 0 radical (unpaired) electrons. The number of hydrogen-bond donors (Lipinski definition) is 1. The normalized spacial score (nSPS) is 13.8. The molecule has 1 N–H and O–H groups in total. The van der Waals surface area contributed by atoms with E-state index in [1.807, 2.05) is 24.3 Å². The van der Waals surface area contributed by atoms with E-state index in [4.69, 9.17) is 4.74 Å². The van der Waals surface area contributed by atoms with Crippen LogP contribution in [-0.2, 0) is 30.6 Å². The fourth-order valence-electron chi connectivity index (χ4n) is 3.17. The topological polar surface area (TPSA) is 69.0 Å². The fourth-order valence-corrected chi connectivity index (χ4v) is 3.17. The molecule has 0 saturated carbocycles. The molecule has 0 bridgehead atoms. The molecule has 1 aromatic carbocycles. The third-order valence-corrected chi connectivity index (χ3v) is 4.57. The minimum Gasteiger partial charge on any atom is -0.483 e. The predicted octanol–water partition coefficient (Wildman–Crippen LogP) is 2.30. The van der Waals surface area contributed by atoms with Crippen LogP contribution in [0.5, 0.6) is 5.75 Å². The quantitative estimate of drug-likeness (QED) is 0.838. The minimum atomic E-state index is -0.110. The first-order valence-electron chi connectivity index (χ1n) is 9.16. The zero-order valence-corrected chi connectivity index (χ0v) is 14.8. The van der Waals surface area contributed by atoms with Gasteiger partial charge < -0.3 is 14.6 Å². The van der Waals surface area contributed by atoms with Crippen molar-refractivity contribution in [2.75, 3.05) is 13.2 Å². The molecular formula is C19H26N4O2. The largest absolute Gasteiger partial charge is 0.483 e. The molecule has 6 nitrogen and oxygen atoms in total. The van der Waals surface area contributed by atoms with Gasteiger partial charge >= 0.3 is 0 Å². The number of fused-ring (bicyclic) bond motifs is 1. The number of carbonyl (C=O) groups is 1. The van der Waals surface area contributed by atoms with Gasteiger partial charge in [-0.3, -0.25) is 4.79 Å². The second-order valence-corrected chi connectivity index (χ2v) is 6.34. The van der Waals surface area contributed by atoms with E-state index >= 15 is 0 Å². The van der Waals surface area contributed by atoms with Gasteiger partial charge in [-0.2, -0.15) is 0 Å². The highest BCUT2D eigenvalue weighted by Crippen LogP contribution is 2.18. The van der Waals surface area contributed by atoms with E-state index in [1.54, 1.807) is 0 Å². The maximum Gasteiger partial charge on any atom is 0.257 e. The van der Waals surface area contributed by atoms with Crippen molar-refractivity contribution in [2.45, 2.75) is 52.0 Å². The molecule has 0 spiro atoms. The van der Waals surface area contributed by atoms with Gasteiger partial charge in [0.1, 0.15) is 17.4 Å². The van der Waals surface area contributed by atoms with Crippen LogP contribution in [0.3, 0.4) is 0 Å². The first-order chi connectivity index (χ1) is 12.3. The summed E-state index contributed by atoms with van der Waals surface area (Å²) in [6.45, 7) is 3.65. The van der Waals surface area contributed by atoms with Crippen molar-refractivity contribution in [3.05, 3.63) is 41.5 Å². The van der Waals surface area contributed by atoms with E-state index < -0.39 is 0 Å². The molecule has 3 rings (SSSR count). The summed E-state index contributed by atoms with van der Waals surface area (Å²) in [7, 11) is 0. The maximum absolute atomic E-state index is 12.0. The molecule has 1 aliphatic rings. The summed E-state index contributed by atoms with van der Waals surface area (Å²) in [5.41, 5.74) is 1.11.